The molecule has 2 aliphatic heterocycles. The molecule has 2 aliphatic rings. The van der Waals surface area contributed by atoms with Crippen LogP contribution < -0.4 is 5.32 Å². The predicted octanol–water partition coefficient (Wildman–Crippen LogP) is 5.34. The Labute approximate surface area is 179 Å². The molecule has 0 saturated carbocycles. The van der Waals surface area contributed by atoms with Gasteiger partial charge in [-0.05, 0) is 47.9 Å². The van der Waals surface area contributed by atoms with Gasteiger partial charge in [0.2, 0.25) is 5.78 Å². The number of anilines is 1. The van der Waals surface area contributed by atoms with Crippen molar-refractivity contribution in [1.29, 1.82) is 0 Å². The zero-order valence-electron chi connectivity index (χ0n) is 16.3. The van der Waals surface area contributed by atoms with E-state index >= 15 is 0 Å². The molecule has 1 atom stereocenters. The minimum atomic E-state index is -0.946. The van der Waals surface area contributed by atoms with Crippen molar-refractivity contribution in [2.24, 2.45) is 0 Å². The lowest BCUT2D eigenvalue weighted by molar-refractivity contribution is 0.0564. The van der Waals surface area contributed by atoms with Gasteiger partial charge in [-0.1, -0.05) is 54.1 Å². The second-order valence-corrected chi connectivity index (χ2v) is 8.47. The Morgan fingerprint density at radius 1 is 1.00 bits per heavy atom. The molecule has 3 heterocycles. The lowest BCUT2D eigenvalue weighted by Gasteiger charge is -2.43. The predicted molar refractivity (Wildman–Crippen MR) is 120 cm³/mol. The first-order valence-corrected chi connectivity index (χ1v) is 10.6. The van der Waals surface area contributed by atoms with Gasteiger partial charge in [-0.25, -0.2) is 0 Å². The Balaban J connectivity index is 1.57. The normalized spacial score (nSPS) is 20.4. The Morgan fingerprint density at radius 2 is 1.80 bits per heavy atom. The molecule has 4 aromatic rings. The maximum atomic E-state index is 13.9. The number of halogens is 1. The van der Waals surface area contributed by atoms with Gasteiger partial charge in [0.05, 0.1) is 5.69 Å². The Bertz CT molecular complexity index is 1300. The van der Waals surface area contributed by atoms with Crippen LogP contribution in [0.4, 0.5) is 5.69 Å². The standard InChI is InChI=1S/C25H20ClN3O/c26-17-10-11-21-20(14-17)18-12-13-29(15-16-6-2-1-3-7-16)25(23(18)27-21)24(30)19-8-4-5-9-22(19)28-25/h1-11,14,27-28H,12-13,15H2. The Morgan fingerprint density at radius 3 is 2.63 bits per heavy atom. The van der Waals surface area contributed by atoms with E-state index in [4.69, 9.17) is 11.6 Å². The van der Waals surface area contributed by atoms with Crippen LogP contribution in [0, 0.1) is 0 Å². The van der Waals surface area contributed by atoms with Crippen LogP contribution in [-0.4, -0.2) is 22.2 Å². The zero-order valence-corrected chi connectivity index (χ0v) is 17.0. The summed E-state index contributed by atoms with van der Waals surface area (Å²) >= 11 is 6.30. The lowest BCUT2D eigenvalue weighted by atomic mass is 9.88. The van der Waals surface area contributed by atoms with E-state index in [1.807, 2.05) is 60.7 Å². The molecule has 2 N–H and O–H groups in total. The molecule has 30 heavy (non-hydrogen) atoms. The van der Waals surface area contributed by atoms with E-state index < -0.39 is 5.66 Å². The highest BCUT2D eigenvalue weighted by Gasteiger charge is 2.55. The maximum Gasteiger partial charge on any atom is 0.211 e. The van der Waals surface area contributed by atoms with E-state index in [0.29, 0.717) is 11.6 Å². The molecule has 0 saturated heterocycles. The summed E-state index contributed by atoms with van der Waals surface area (Å²) in [5.41, 5.74) is 4.97. The van der Waals surface area contributed by atoms with E-state index in [1.165, 1.54) is 11.1 Å². The van der Waals surface area contributed by atoms with Gasteiger partial charge in [0.25, 0.3) is 0 Å². The maximum absolute atomic E-state index is 13.9. The summed E-state index contributed by atoms with van der Waals surface area (Å²) in [6.45, 7) is 1.46. The van der Waals surface area contributed by atoms with Crippen LogP contribution in [0.2, 0.25) is 5.02 Å². The van der Waals surface area contributed by atoms with Gasteiger partial charge in [-0.2, -0.15) is 0 Å². The number of carbonyl (C=O) groups excluding carboxylic acids is 1. The zero-order chi connectivity index (χ0) is 20.3. The first-order valence-electron chi connectivity index (χ1n) is 10.2. The minimum absolute atomic E-state index is 0.0904. The third kappa shape index (κ3) is 2.41. The van der Waals surface area contributed by atoms with Crippen molar-refractivity contribution in [2.45, 2.75) is 18.6 Å². The number of nitrogens with one attached hydrogen (secondary N) is 2. The number of nitrogens with zero attached hydrogens (tertiary/aromatic N) is 1. The molecule has 0 amide bonds. The minimum Gasteiger partial charge on any atom is -0.355 e. The number of para-hydroxylation sites is 1. The van der Waals surface area contributed by atoms with E-state index in [0.717, 1.165) is 40.8 Å². The summed E-state index contributed by atoms with van der Waals surface area (Å²) < 4.78 is 0. The smallest absolute Gasteiger partial charge is 0.211 e. The fourth-order valence-electron chi connectivity index (χ4n) is 5.00. The number of rotatable bonds is 2. The Hall–Kier alpha value is -3.08. The van der Waals surface area contributed by atoms with Gasteiger partial charge in [-0.3, -0.25) is 9.69 Å². The number of ketones is 1. The molecule has 5 heteroatoms. The topological polar surface area (TPSA) is 48.1 Å². The number of aromatic amines is 1. The summed E-state index contributed by atoms with van der Waals surface area (Å²) in [5, 5.41) is 5.42. The number of fused-ring (bicyclic) bond motifs is 5. The van der Waals surface area contributed by atoms with E-state index in [1.54, 1.807) is 0 Å². The summed E-state index contributed by atoms with van der Waals surface area (Å²) in [6.07, 6.45) is 0.857. The van der Waals surface area contributed by atoms with Gasteiger partial charge in [0, 0.05) is 40.3 Å². The number of Topliss-reactive ketones (excluding diaryl/α,β-unsaturated/α-hetero) is 1. The molecule has 1 aromatic heterocycles. The number of H-pyrrole nitrogens is 1. The van der Waals surface area contributed by atoms with Crippen LogP contribution >= 0.6 is 11.6 Å². The first-order chi connectivity index (χ1) is 14.7. The van der Waals surface area contributed by atoms with Gasteiger partial charge in [-0.15, -0.1) is 0 Å². The molecule has 148 valence electrons. The van der Waals surface area contributed by atoms with Crippen molar-refractivity contribution < 1.29 is 4.79 Å². The second-order valence-electron chi connectivity index (χ2n) is 8.04. The highest BCUT2D eigenvalue weighted by atomic mass is 35.5. The van der Waals surface area contributed by atoms with Gasteiger partial charge in [0.15, 0.2) is 5.66 Å². The van der Waals surface area contributed by atoms with Crippen LogP contribution in [0.15, 0.2) is 72.8 Å². The van der Waals surface area contributed by atoms with Crippen molar-refractivity contribution in [2.75, 3.05) is 11.9 Å². The van der Waals surface area contributed by atoms with Crippen LogP contribution in [0.25, 0.3) is 10.9 Å². The molecule has 0 bridgehead atoms. The molecule has 4 nitrogen and oxygen atoms in total. The highest BCUT2D eigenvalue weighted by Crippen LogP contribution is 2.47. The number of hydrogen-bond donors (Lipinski definition) is 2. The van der Waals surface area contributed by atoms with E-state index in [-0.39, 0.29) is 5.78 Å². The van der Waals surface area contributed by atoms with Crippen molar-refractivity contribution >= 4 is 34.0 Å². The summed E-state index contributed by atoms with van der Waals surface area (Å²) in [4.78, 5) is 19.8. The molecule has 1 spiro atoms. The third-order valence-corrected chi connectivity index (χ3v) is 6.60. The largest absolute Gasteiger partial charge is 0.355 e. The molecule has 3 aromatic carbocycles. The number of benzene rings is 3. The van der Waals surface area contributed by atoms with Crippen LogP contribution in [-0.2, 0) is 18.6 Å². The van der Waals surface area contributed by atoms with Crippen LogP contribution in [0.5, 0.6) is 0 Å². The average molecular weight is 414 g/mol. The number of hydrogen-bond acceptors (Lipinski definition) is 3. The van der Waals surface area contributed by atoms with E-state index in [9.17, 15) is 4.79 Å². The molecule has 0 aliphatic carbocycles. The highest BCUT2D eigenvalue weighted by molar-refractivity contribution is 6.31. The van der Waals surface area contributed by atoms with Gasteiger partial charge >= 0.3 is 0 Å². The molecular formula is C25H20ClN3O. The number of carbonyl (C=O) groups is 1. The molecule has 0 radical (unpaired) electrons. The van der Waals surface area contributed by atoms with Gasteiger partial charge in [0.1, 0.15) is 0 Å². The molecule has 1 unspecified atom stereocenters. The molecule has 6 rings (SSSR count). The quantitative estimate of drug-likeness (QED) is 0.466. The van der Waals surface area contributed by atoms with Gasteiger partial charge < -0.3 is 10.3 Å². The summed E-state index contributed by atoms with van der Waals surface area (Å²) in [5.74, 6) is 0.0904. The molecule has 0 fully saturated rings. The van der Waals surface area contributed by atoms with Crippen molar-refractivity contribution in [3.63, 3.8) is 0 Å². The number of aromatic nitrogens is 1. The monoisotopic (exact) mass is 413 g/mol. The summed E-state index contributed by atoms with van der Waals surface area (Å²) in [7, 11) is 0. The lowest BCUT2D eigenvalue weighted by Crippen LogP contribution is -2.57. The Kier molecular flexibility index (Phi) is 3.82. The average Bonchev–Trinajstić information content (AvgIpc) is 3.28. The van der Waals surface area contributed by atoms with Crippen LogP contribution in [0.1, 0.15) is 27.2 Å². The van der Waals surface area contributed by atoms with Crippen molar-refractivity contribution in [3.8, 4) is 0 Å². The fraction of sp³-hybridized carbons (Fsp3) is 0.160. The second kappa shape index (κ2) is 6.46. The fourth-order valence-corrected chi connectivity index (χ4v) is 5.17. The van der Waals surface area contributed by atoms with Crippen molar-refractivity contribution in [3.05, 3.63) is 100 Å². The van der Waals surface area contributed by atoms with Crippen molar-refractivity contribution in [1.82, 2.24) is 9.88 Å². The SMILES string of the molecule is O=C1c2ccccc2NC12c1[nH]c3ccc(Cl)cc3c1CCN2Cc1ccccc1. The van der Waals surface area contributed by atoms with E-state index in [2.05, 4.69) is 27.3 Å². The third-order valence-electron chi connectivity index (χ3n) is 6.37. The molecular weight excluding hydrogens is 394 g/mol. The summed E-state index contributed by atoms with van der Waals surface area (Å²) in [6, 6.07) is 24.0. The van der Waals surface area contributed by atoms with Crippen LogP contribution in [0.3, 0.4) is 0 Å². The first kappa shape index (κ1) is 17.8.